The number of carbonyl (C=O) groups is 2. The van der Waals surface area contributed by atoms with Gasteiger partial charge >= 0.3 is 5.97 Å². The molecule has 0 spiro atoms. The first-order valence-electron chi connectivity index (χ1n) is 6.29. The maximum atomic E-state index is 11.5. The number of hydrogen-bond donors (Lipinski definition) is 3. The van der Waals surface area contributed by atoms with Crippen molar-refractivity contribution in [2.24, 2.45) is 0 Å². The fourth-order valence-electron chi connectivity index (χ4n) is 1.61. The Kier molecular flexibility index (Phi) is 6.60. The Morgan fingerprint density at radius 1 is 1.00 bits per heavy atom. The third-order valence-electron chi connectivity index (χ3n) is 2.74. The highest BCUT2D eigenvalue weighted by molar-refractivity contribution is 5.75. The number of hydrogen-bond acceptors (Lipinski definition) is 3. The lowest BCUT2D eigenvalue weighted by Gasteiger charge is -2.05. The zero-order chi connectivity index (χ0) is 14.1. The molecule has 3 N–H and O–H groups in total. The quantitative estimate of drug-likeness (QED) is 0.621. The SMILES string of the molecule is O=C(O)CCCCC(=O)NCc1ccc(CO)cc1. The fraction of sp³-hybridized carbons (Fsp3) is 0.429. The summed E-state index contributed by atoms with van der Waals surface area (Å²) in [6, 6.07) is 7.34. The van der Waals surface area contributed by atoms with Gasteiger partial charge in [0.2, 0.25) is 5.91 Å². The Bertz CT molecular complexity index is 414. The molecule has 0 radical (unpaired) electrons. The number of aliphatic carboxylic acids is 1. The van der Waals surface area contributed by atoms with Gasteiger partial charge in [-0.05, 0) is 24.0 Å². The molecule has 104 valence electrons. The first-order chi connectivity index (χ1) is 9.11. The lowest BCUT2D eigenvalue weighted by molar-refractivity contribution is -0.137. The van der Waals surface area contributed by atoms with Crippen molar-refractivity contribution in [3.05, 3.63) is 35.4 Å². The van der Waals surface area contributed by atoms with E-state index in [0.29, 0.717) is 25.8 Å². The number of amides is 1. The van der Waals surface area contributed by atoms with E-state index in [1.165, 1.54) is 0 Å². The predicted molar refractivity (Wildman–Crippen MR) is 70.3 cm³/mol. The minimum absolute atomic E-state index is 0.0101. The Morgan fingerprint density at radius 3 is 2.16 bits per heavy atom. The molecule has 1 amide bonds. The maximum Gasteiger partial charge on any atom is 0.303 e. The molecule has 0 unspecified atom stereocenters. The molecule has 0 saturated heterocycles. The average Bonchev–Trinajstić information content (AvgIpc) is 2.41. The number of benzene rings is 1. The molecule has 5 heteroatoms. The van der Waals surface area contributed by atoms with Crippen molar-refractivity contribution in [3.63, 3.8) is 0 Å². The molecular formula is C14H19NO4. The van der Waals surface area contributed by atoms with Crippen molar-refractivity contribution in [2.45, 2.75) is 38.8 Å². The number of aliphatic hydroxyl groups excluding tert-OH is 1. The summed E-state index contributed by atoms with van der Waals surface area (Å²) in [5.74, 6) is -0.902. The van der Waals surface area contributed by atoms with Crippen LogP contribution in [-0.4, -0.2) is 22.1 Å². The predicted octanol–water partition coefficient (Wildman–Crippen LogP) is 1.44. The van der Waals surface area contributed by atoms with Gasteiger partial charge in [0.15, 0.2) is 0 Å². The Labute approximate surface area is 112 Å². The van der Waals surface area contributed by atoms with Crippen LogP contribution in [0.3, 0.4) is 0 Å². The van der Waals surface area contributed by atoms with Crippen molar-refractivity contribution in [1.82, 2.24) is 5.32 Å². The first kappa shape index (κ1) is 15.2. The monoisotopic (exact) mass is 265 g/mol. The fourth-order valence-corrected chi connectivity index (χ4v) is 1.61. The van der Waals surface area contributed by atoms with Gasteiger partial charge in [0, 0.05) is 19.4 Å². The second-order valence-corrected chi connectivity index (χ2v) is 4.35. The van der Waals surface area contributed by atoms with Crippen LogP contribution in [0.1, 0.15) is 36.8 Å². The summed E-state index contributed by atoms with van der Waals surface area (Å²) in [4.78, 5) is 21.8. The van der Waals surface area contributed by atoms with Gasteiger partial charge in [-0.25, -0.2) is 0 Å². The van der Waals surface area contributed by atoms with Crippen LogP contribution >= 0.6 is 0 Å². The number of rotatable bonds is 8. The van der Waals surface area contributed by atoms with E-state index in [1.54, 1.807) is 0 Å². The summed E-state index contributed by atoms with van der Waals surface area (Å²) in [6.07, 6.45) is 1.56. The highest BCUT2D eigenvalue weighted by Gasteiger charge is 2.03. The molecule has 1 rings (SSSR count). The summed E-state index contributed by atoms with van der Waals surface area (Å²) in [6.45, 7) is 0.458. The molecule has 0 fully saturated rings. The highest BCUT2D eigenvalue weighted by Crippen LogP contribution is 2.05. The van der Waals surface area contributed by atoms with Crippen molar-refractivity contribution >= 4 is 11.9 Å². The number of carboxylic acids is 1. The van der Waals surface area contributed by atoms with E-state index in [9.17, 15) is 9.59 Å². The number of carbonyl (C=O) groups excluding carboxylic acids is 1. The van der Waals surface area contributed by atoms with Gasteiger partial charge in [-0.2, -0.15) is 0 Å². The van der Waals surface area contributed by atoms with Gasteiger partial charge in [-0.15, -0.1) is 0 Å². The van der Waals surface area contributed by atoms with Crippen LogP contribution in [0.2, 0.25) is 0 Å². The van der Waals surface area contributed by atoms with E-state index >= 15 is 0 Å². The topological polar surface area (TPSA) is 86.6 Å². The van der Waals surface area contributed by atoms with E-state index in [1.807, 2.05) is 24.3 Å². The molecule has 1 aromatic carbocycles. The van der Waals surface area contributed by atoms with Crippen LogP contribution in [0, 0.1) is 0 Å². The van der Waals surface area contributed by atoms with Crippen molar-refractivity contribution in [2.75, 3.05) is 0 Å². The lowest BCUT2D eigenvalue weighted by atomic mass is 10.1. The Morgan fingerprint density at radius 2 is 1.58 bits per heavy atom. The minimum Gasteiger partial charge on any atom is -0.481 e. The summed E-state index contributed by atoms with van der Waals surface area (Å²) >= 11 is 0. The molecule has 19 heavy (non-hydrogen) atoms. The molecule has 0 aliphatic heterocycles. The van der Waals surface area contributed by atoms with Gasteiger partial charge in [0.1, 0.15) is 0 Å². The average molecular weight is 265 g/mol. The first-order valence-corrected chi connectivity index (χ1v) is 6.29. The molecule has 0 heterocycles. The molecule has 1 aromatic rings. The summed E-state index contributed by atoms with van der Waals surface area (Å²) in [5.41, 5.74) is 1.81. The number of nitrogens with one attached hydrogen (secondary N) is 1. The van der Waals surface area contributed by atoms with Gasteiger partial charge in [0.05, 0.1) is 6.61 Å². The number of unbranched alkanes of at least 4 members (excludes halogenated alkanes) is 1. The van der Waals surface area contributed by atoms with Gasteiger partial charge in [-0.1, -0.05) is 24.3 Å². The van der Waals surface area contributed by atoms with E-state index in [2.05, 4.69) is 5.32 Å². The molecule has 0 bridgehead atoms. The zero-order valence-electron chi connectivity index (χ0n) is 10.8. The molecular weight excluding hydrogens is 246 g/mol. The molecule has 5 nitrogen and oxygen atoms in total. The van der Waals surface area contributed by atoms with Crippen LogP contribution < -0.4 is 5.32 Å². The van der Waals surface area contributed by atoms with E-state index in [0.717, 1.165) is 11.1 Å². The van der Waals surface area contributed by atoms with Crippen molar-refractivity contribution in [1.29, 1.82) is 0 Å². The summed E-state index contributed by atoms with van der Waals surface area (Å²) < 4.78 is 0. The third kappa shape index (κ3) is 6.57. The van der Waals surface area contributed by atoms with Crippen molar-refractivity contribution < 1.29 is 19.8 Å². The molecule has 0 aliphatic rings. The Balaban J connectivity index is 2.20. The van der Waals surface area contributed by atoms with Crippen molar-refractivity contribution in [3.8, 4) is 0 Å². The zero-order valence-corrected chi connectivity index (χ0v) is 10.8. The maximum absolute atomic E-state index is 11.5. The van der Waals surface area contributed by atoms with Crippen LogP contribution in [0.4, 0.5) is 0 Å². The molecule has 0 aromatic heterocycles. The van der Waals surface area contributed by atoms with Crippen LogP contribution in [-0.2, 0) is 22.7 Å². The minimum atomic E-state index is -0.829. The molecule has 0 saturated carbocycles. The van der Waals surface area contributed by atoms with E-state index < -0.39 is 5.97 Å². The second kappa shape index (κ2) is 8.26. The van der Waals surface area contributed by atoms with E-state index in [4.69, 9.17) is 10.2 Å². The normalized spacial score (nSPS) is 10.2. The smallest absolute Gasteiger partial charge is 0.303 e. The Hall–Kier alpha value is -1.88. The number of aliphatic hydroxyl groups is 1. The van der Waals surface area contributed by atoms with E-state index in [-0.39, 0.29) is 18.9 Å². The highest BCUT2D eigenvalue weighted by atomic mass is 16.4. The van der Waals surface area contributed by atoms with Gasteiger partial charge in [-0.3, -0.25) is 9.59 Å². The molecule has 0 aliphatic carbocycles. The summed E-state index contributed by atoms with van der Waals surface area (Å²) in [7, 11) is 0. The van der Waals surface area contributed by atoms with Crippen LogP contribution in [0.25, 0.3) is 0 Å². The van der Waals surface area contributed by atoms with Crippen LogP contribution in [0.5, 0.6) is 0 Å². The third-order valence-corrected chi connectivity index (χ3v) is 2.74. The second-order valence-electron chi connectivity index (χ2n) is 4.35. The van der Waals surface area contributed by atoms with Gasteiger partial charge in [0.25, 0.3) is 0 Å². The molecule has 0 atom stereocenters. The summed E-state index contributed by atoms with van der Waals surface area (Å²) in [5, 5.41) is 20.1. The lowest BCUT2D eigenvalue weighted by Crippen LogP contribution is -2.22. The standard InChI is InChI=1S/C14H19NO4/c16-10-12-7-5-11(6-8-12)9-15-13(17)3-1-2-4-14(18)19/h5-8,16H,1-4,9-10H2,(H,15,17)(H,18,19). The number of carboxylic acid groups (broad SMARTS) is 1. The van der Waals surface area contributed by atoms with Gasteiger partial charge < -0.3 is 15.5 Å². The van der Waals surface area contributed by atoms with Crippen LogP contribution in [0.15, 0.2) is 24.3 Å². The largest absolute Gasteiger partial charge is 0.481 e.